The summed E-state index contributed by atoms with van der Waals surface area (Å²) in [5.74, 6) is 0. The van der Waals surface area contributed by atoms with Crippen molar-refractivity contribution in [1.29, 1.82) is 0 Å². The van der Waals surface area contributed by atoms with Crippen LogP contribution in [0.4, 0.5) is 5.69 Å². The molecule has 0 fully saturated rings. The Morgan fingerprint density at radius 3 is 2.67 bits per heavy atom. The molecule has 0 bridgehead atoms. The lowest BCUT2D eigenvalue weighted by Crippen LogP contribution is -2.00. The van der Waals surface area contributed by atoms with Gasteiger partial charge in [-0.3, -0.25) is 0 Å². The van der Waals surface area contributed by atoms with Crippen LogP contribution in [-0.2, 0) is 6.42 Å². The molecule has 0 saturated carbocycles. The monoisotopic (exact) mass is 213 g/mol. The highest BCUT2D eigenvalue weighted by Gasteiger charge is 2.14. The number of hydrogen-bond donors (Lipinski definition) is 1. The smallest absolute Gasteiger partial charge is 0.0317 e. The van der Waals surface area contributed by atoms with Gasteiger partial charge in [-0.05, 0) is 41.8 Å². The molecule has 0 aromatic heterocycles. The van der Waals surface area contributed by atoms with Gasteiger partial charge in [-0.15, -0.1) is 0 Å². The molecular formula is C13H11NS. The van der Waals surface area contributed by atoms with Crippen molar-refractivity contribution in [2.45, 2.75) is 16.2 Å². The van der Waals surface area contributed by atoms with Gasteiger partial charge in [0.15, 0.2) is 0 Å². The Balaban J connectivity index is 2.11. The standard InChI is InChI=1S/C13H11NS/c14-11-5-6-13-10(8-11)7-9-3-1-2-4-12(9)15-13/h1-6,8H,7,14H2. The maximum atomic E-state index is 5.79. The second-order valence-electron chi connectivity index (χ2n) is 3.75. The maximum Gasteiger partial charge on any atom is 0.0317 e. The molecule has 0 spiro atoms. The van der Waals surface area contributed by atoms with Crippen LogP contribution in [0.5, 0.6) is 0 Å². The highest BCUT2D eigenvalue weighted by Crippen LogP contribution is 2.39. The van der Waals surface area contributed by atoms with Crippen molar-refractivity contribution in [3.05, 3.63) is 53.6 Å². The van der Waals surface area contributed by atoms with Crippen LogP contribution in [-0.4, -0.2) is 0 Å². The van der Waals surface area contributed by atoms with Crippen LogP contribution >= 0.6 is 11.8 Å². The first-order valence-corrected chi connectivity index (χ1v) is 5.79. The summed E-state index contributed by atoms with van der Waals surface area (Å²) >= 11 is 1.84. The minimum absolute atomic E-state index is 0.855. The predicted octanol–water partition coefficient (Wildman–Crippen LogP) is 3.32. The maximum absolute atomic E-state index is 5.79. The summed E-state index contributed by atoms with van der Waals surface area (Å²) in [4.78, 5) is 2.71. The van der Waals surface area contributed by atoms with E-state index in [1.165, 1.54) is 20.9 Å². The Morgan fingerprint density at radius 1 is 0.933 bits per heavy atom. The third-order valence-corrected chi connectivity index (χ3v) is 3.89. The minimum Gasteiger partial charge on any atom is -0.399 e. The average molecular weight is 213 g/mol. The van der Waals surface area contributed by atoms with E-state index in [2.05, 4.69) is 36.4 Å². The minimum atomic E-state index is 0.855. The van der Waals surface area contributed by atoms with Crippen LogP contribution in [0.15, 0.2) is 52.3 Å². The van der Waals surface area contributed by atoms with Crippen molar-refractivity contribution in [1.82, 2.24) is 0 Å². The highest BCUT2D eigenvalue weighted by atomic mass is 32.2. The molecule has 2 N–H and O–H groups in total. The number of benzene rings is 2. The Labute approximate surface area is 93.3 Å². The van der Waals surface area contributed by atoms with Crippen molar-refractivity contribution in [3.63, 3.8) is 0 Å². The molecule has 0 amide bonds. The zero-order valence-corrected chi connectivity index (χ0v) is 9.05. The highest BCUT2D eigenvalue weighted by molar-refractivity contribution is 7.99. The summed E-state index contributed by atoms with van der Waals surface area (Å²) in [6, 6.07) is 14.7. The van der Waals surface area contributed by atoms with Crippen molar-refractivity contribution in [2.75, 3.05) is 5.73 Å². The van der Waals surface area contributed by atoms with Crippen LogP contribution < -0.4 is 5.73 Å². The lowest BCUT2D eigenvalue weighted by Gasteiger charge is -2.18. The van der Waals surface area contributed by atoms with Crippen LogP contribution in [0, 0.1) is 0 Å². The summed E-state index contributed by atoms with van der Waals surface area (Å²) in [6.07, 6.45) is 1.00. The second-order valence-corrected chi connectivity index (χ2v) is 4.84. The Kier molecular flexibility index (Phi) is 1.96. The lowest BCUT2D eigenvalue weighted by molar-refractivity contribution is 1.06. The average Bonchev–Trinajstić information content (AvgIpc) is 2.26. The van der Waals surface area contributed by atoms with E-state index in [9.17, 15) is 0 Å². The van der Waals surface area contributed by atoms with E-state index >= 15 is 0 Å². The van der Waals surface area contributed by atoms with E-state index in [4.69, 9.17) is 5.73 Å². The SMILES string of the molecule is Nc1ccc2c(c1)Cc1ccccc1S2. The quantitative estimate of drug-likeness (QED) is 0.580. The number of nitrogen functional groups attached to an aromatic ring is 1. The molecule has 15 heavy (non-hydrogen) atoms. The van der Waals surface area contributed by atoms with Crippen LogP contribution in [0.1, 0.15) is 11.1 Å². The summed E-state index contributed by atoms with van der Waals surface area (Å²) < 4.78 is 0. The van der Waals surface area contributed by atoms with Crippen LogP contribution in [0.3, 0.4) is 0 Å². The van der Waals surface area contributed by atoms with Gasteiger partial charge in [0.25, 0.3) is 0 Å². The molecule has 0 aliphatic carbocycles. The molecule has 2 heteroatoms. The molecule has 3 rings (SSSR count). The van der Waals surface area contributed by atoms with E-state index in [-0.39, 0.29) is 0 Å². The first kappa shape index (κ1) is 8.86. The molecule has 0 radical (unpaired) electrons. The van der Waals surface area contributed by atoms with Crippen molar-refractivity contribution >= 4 is 17.4 Å². The van der Waals surface area contributed by atoms with E-state index in [0.29, 0.717) is 0 Å². The van der Waals surface area contributed by atoms with Crippen LogP contribution in [0.25, 0.3) is 0 Å². The van der Waals surface area contributed by atoms with E-state index in [1.807, 2.05) is 17.8 Å². The van der Waals surface area contributed by atoms with E-state index in [1.54, 1.807) is 0 Å². The van der Waals surface area contributed by atoms with Crippen molar-refractivity contribution < 1.29 is 0 Å². The topological polar surface area (TPSA) is 26.0 Å². The summed E-state index contributed by atoms with van der Waals surface area (Å²) in [6.45, 7) is 0. The lowest BCUT2D eigenvalue weighted by atomic mass is 10.0. The number of fused-ring (bicyclic) bond motifs is 2. The molecule has 74 valence electrons. The fourth-order valence-electron chi connectivity index (χ4n) is 1.91. The first-order chi connectivity index (χ1) is 7.33. The van der Waals surface area contributed by atoms with Gasteiger partial charge in [0, 0.05) is 15.5 Å². The number of rotatable bonds is 0. The normalized spacial score (nSPS) is 13.1. The second kappa shape index (κ2) is 3.31. The van der Waals surface area contributed by atoms with Gasteiger partial charge < -0.3 is 5.73 Å². The number of hydrogen-bond acceptors (Lipinski definition) is 2. The molecule has 0 saturated heterocycles. The molecular weight excluding hydrogens is 202 g/mol. The van der Waals surface area contributed by atoms with Gasteiger partial charge in [0.1, 0.15) is 0 Å². The molecule has 1 heterocycles. The molecule has 1 aliphatic rings. The molecule has 2 aromatic rings. The largest absolute Gasteiger partial charge is 0.399 e. The van der Waals surface area contributed by atoms with Crippen molar-refractivity contribution in [2.24, 2.45) is 0 Å². The van der Waals surface area contributed by atoms with Gasteiger partial charge in [-0.25, -0.2) is 0 Å². The summed E-state index contributed by atoms with van der Waals surface area (Å²) in [5, 5.41) is 0. The molecule has 2 aromatic carbocycles. The van der Waals surface area contributed by atoms with E-state index < -0.39 is 0 Å². The zero-order chi connectivity index (χ0) is 10.3. The molecule has 1 aliphatic heterocycles. The first-order valence-electron chi connectivity index (χ1n) is 4.97. The van der Waals surface area contributed by atoms with Gasteiger partial charge in [-0.1, -0.05) is 30.0 Å². The van der Waals surface area contributed by atoms with Gasteiger partial charge in [0.05, 0.1) is 0 Å². The summed E-state index contributed by atoms with van der Waals surface area (Å²) in [5.41, 5.74) is 9.40. The number of nitrogens with two attached hydrogens (primary N) is 1. The third-order valence-electron chi connectivity index (χ3n) is 2.66. The van der Waals surface area contributed by atoms with Gasteiger partial charge in [-0.2, -0.15) is 0 Å². The predicted molar refractivity (Wildman–Crippen MR) is 64.2 cm³/mol. The fourth-order valence-corrected chi connectivity index (χ4v) is 2.96. The number of anilines is 1. The Morgan fingerprint density at radius 2 is 1.73 bits per heavy atom. The molecule has 0 atom stereocenters. The molecule has 1 nitrogen and oxygen atoms in total. The Bertz CT molecular complexity index is 520. The fraction of sp³-hybridized carbons (Fsp3) is 0.0769. The van der Waals surface area contributed by atoms with Gasteiger partial charge in [0.2, 0.25) is 0 Å². The third kappa shape index (κ3) is 1.51. The van der Waals surface area contributed by atoms with E-state index in [0.717, 1.165) is 12.1 Å². The Hall–Kier alpha value is -1.41. The zero-order valence-electron chi connectivity index (χ0n) is 8.23. The van der Waals surface area contributed by atoms with Gasteiger partial charge >= 0.3 is 0 Å². The molecule has 0 unspecified atom stereocenters. The summed E-state index contributed by atoms with van der Waals surface area (Å²) in [7, 11) is 0. The van der Waals surface area contributed by atoms with Crippen LogP contribution in [0.2, 0.25) is 0 Å². The van der Waals surface area contributed by atoms with Crippen molar-refractivity contribution in [3.8, 4) is 0 Å².